The summed E-state index contributed by atoms with van der Waals surface area (Å²) in [5.41, 5.74) is 5.86. The zero-order valence-corrected chi connectivity index (χ0v) is 12.1. The first-order valence-electron chi connectivity index (χ1n) is 6.75. The van der Waals surface area contributed by atoms with Gasteiger partial charge in [-0.3, -0.25) is 4.57 Å². The van der Waals surface area contributed by atoms with Gasteiger partial charge in [-0.2, -0.15) is 0 Å². The first-order valence-corrected chi connectivity index (χ1v) is 6.75. The molecule has 0 aliphatic heterocycles. The number of rotatable bonds is 3. The van der Waals surface area contributed by atoms with E-state index in [0.717, 1.165) is 16.8 Å². The molecule has 0 saturated heterocycles. The van der Waals surface area contributed by atoms with Gasteiger partial charge in [-0.1, -0.05) is 12.1 Å². The van der Waals surface area contributed by atoms with Gasteiger partial charge in [-0.05, 0) is 61.7 Å². The molecule has 3 aromatic rings. The van der Waals surface area contributed by atoms with E-state index in [1.165, 1.54) is 16.7 Å². The molecule has 2 aromatic carbocycles. The van der Waals surface area contributed by atoms with Crippen molar-refractivity contribution in [3.05, 3.63) is 59.4 Å². The molecule has 0 radical (unpaired) electrons. The summed E-state index contributed by atoms with van der Waals surface area (Å²) in [5, 5.41) is 0. The number of aromatic nitrogens is 2. The van der Waals surface area contributed by atoms with Gasteiger partial charge in [-0.25, -0.2) is 4.98 Å². The summed E-state index contributed by atoms with van der Waals surface area (Å²) in [5.74, 6) is 0.885. The van der Waals surface area contributed by atoms with E-state index in [2.05, 4.69) is 44.0 Å². The predicted octanol–water partition coefficient (Wildman–Crippen LogP) is 4.00. The third kappa shape index (κ3) is 2.39. The summed E-state index contributed by atoms with van der Waals surface area (Å²) in [4.78, 5) is 4.43. The SMILES string of the molecule is Cc1cccc(OCn2cnc3cc(C)c(C)cc32)c1. The van der Waals surface area contributed by atoms with Crippen molar-refractivity contribution in [2.75, 3.05) is 0 Å². The van der Waals surface area contributed by atoms with Crippen LogP contribution in [0.5, 0.6) is 5.75 Å². The van der Waals surface area contributed by atoms with Crippen molar-refractivity contribution in [1.29, 1.82) is 0 Å². The van der Waals surface area contributed by atoms with Crippen LogP contribution in [0.1, 0.15) is 16.7 Å². The maximum Gasteiger partial charge on any atom is 0.166 e. The Balaban J connectivity index is 1.86. The van der Waals surface area contributed by atoms with Crippen LogP contribution in [0.4, 0.5) is 0 Å². The Bertz CT molecular complexity index is 759. The van der Waals surface area contributed by atoms with Crippen molar-refractivity contribution >= 4 is 11.0 Å². The second kappa shape index (κ2) is 5.00. The number of nitrogens with zero attached hydrogens (tertiary/aromatic N) is 2. The Hall–Kier alpha value is -2.29. The Morgan fingerprint density at radius 2 is 1.85 bits per heavy atom. The fourth-order valence-electron chi connectivity index (χ4n) is 2.27. The van der Waals surface area contributed by atoms with E-state index in [0.29, 0.717) is 6.73 Å². The van der Waals surface area contributed by atoms with Crippen LogP contribution >= 0.6 is 0 Å². The van der Waals surface area contributed by atoms with Crippen LogP contribution in [0.3, 0.4) is 0 Å². The molecule has 0 amide bonds. The lowest BCUT2D eigenvalue weighted by Gasteiger charge is -2.09. The highest BCUT2D eigenvalue weighted by Crippen LogP contribution is 2.19. The molecule has 102 valence electrons. The molecule has 3 rings (SSSR count). The van der Waals surface area contributed by atoms with Crippen LogP contribution < -0.4 is 4.74 Å². The van der Waals surface area contributed by atoms with Gasteiger partial charge < -0.3 is 4.74 Å². The van der Waals surface area contributed by atoms with Gasteiger partial charge in [0.05, 0.1) is 17.4 Å². The van der Waals surface area contributed by atoms with Crippen molar-refractivity contribution in [2.45, 2.75) is 27.5 Å². The lowest BCUT2D eigenvalue weighted by atomic mass is 10.1. The average molecular weight is 266 g/mol. The number of hydrogen-bond acceptors (Lipinski definition) is 2. The largest absolute Gasteiger partial charge is 0.473 e. The molecule has 0 saturated carbocycles. The van der Waals surface area contributed by atoms with E-state index in [4.69, 9.17) is 4.74 Å². The Labute approximate surface area is 118 Å². The van der Waals surface area contributed by atoms with Gasteiger partial charge in [0, 0.05) is 0 Å². The zero-order valence-electron chi connectivity index (χ0n) is 12.1. The smallest absolute Gasteiger partial charge is 0.166 e. The van der Waals surface area contributed by atoms with E-state index in [1.54, 1.807) is 0 Å². The van der Waals surface area contributed by atoms with Crippen LogP contribution in [0.15, 0.2) is 42.7 Å². The lowest BCUT2D eigenvalue weighted by molar-refractivity contribution is 0.241. The van der Waals surface area contributed by atoms with Gasteiger partial charge in [0.1, 0.15) is 5.75 Å². The van der Waals surface area contributed by atoms with Crippen molar-refractivity contribution in [3.8, 4) is 5.75 Å². The van der Waals surface area contributed by atoms with Gasteiger partial charge in [0.15, 0.2) is 6.73 Å². The van der Waals surface area contributed by atoms with E-state index >= 15 is 0 Å². The quantitative estimate of drug-likeness (QED) is 0.716. The number of imidazole rings is 1. The molecule has 0 fully saturated rings. The molecule has 0 aliphatic carbocycles. The summed E-state index contributed by atoms with van der Waals surface area (Å²) >= 11 is 0. The van der Waals surface area contributed by atoms with Crippen LogP contribution in [-0.4, -0.2) is 9.55 Å². The molecule has 1 heterocycles. The number of benzene rings is 2. The molecule has 1 aromatic heterocycles. The molecule has 0 bridgehead atoms. The number of ether oxygens (including phenoxy) is 1. The Morgan fingerprint density at radius 1 is 1.05 bits per heavy atom. The van der Waals surface area contributed by atoms with Crippen molar-refractivity contribution in [2.24, 2.45) is 0 Å². The fourth-order valence-corrected chi connectivity index (χ4v) is 2.27. The Kier molecular flexibility index (Phi) is 3.18. The topological polar surface area (TPSA) is 27.1 Å². The average Bonchev–Trinajstić information content (AvgIpc) is 2.79. The standard InChI is InChI=1S/C17H18N2O/c1-12-5-4-6-15(7-12)20-11-19-10-18-16-8-13(2)14(3)9-17(16)19/h4-10H,11H2,1-3H3. The highest BCUT2D eigenvalue weighted by atomic mass is 16.5. The second-order valence-electron chi connectivity index (χ2n) is 5.23. The van der Waals surface area contributed by atoms with Gasteiger partial charge in [0.2, 0.25) is 0 Å². The summed E-state index contributed by atoms with van der Waals surface area (Å²) in [6.07, 6.45) is 1.83. The highest BCUT2D eigenvalue weighted by Gasteiger charge is 2.05. The third-order valence-corrected chi connectivity index (χ3v) is 3.60. The molecule has 0 atom stereocenters. The van der Waals surface area contributed by atoms with Gasteiger partial charge in [-0.15, -0.1) is 0 Å². The monoisotopic (exact) mass is 266 g/mol. The maximum absolute atomic E-state index is 5.83. The summed E-state index contributed by atoms with van der Waals surface area (Å²) < 4.78 is 7.86. The Morgan fingerprint density at radius 3 is 2.65 bits per heavy atom. The van der Waals surface area contributed by atoms with Crippen molar-refractivity contribution in [1.82, 2.24) is 9.55 Å². The van der Waals surface area contributed by atoms with E-state index in [1.807, 2.05) is 29.1 Å². The van der Waals surface area contributed by atoms with Crippen LogP contribution in [0.2, 0.25) is 0 Å². The number of aryl methyl sites for hydroxylation is 3. The second-order valence-corrected chi connectivity index (χ2v) is 5.23. The zero-order chi connectivity index (χ0) is 14.1. The minimum absolute atomic E-state index is 0.475. The summed E-state index contributed by atoms with van der Waals surface area (Å²) in [7, 11) is 0. The fraction of sp³-hybridized carbons (Fsp3) is 0.235. The molecule has 0 spiro atoms. The van der Waals surface area contributed by atoms with E-state index in [-0.39, 0.29) is 0 Å². The first kappa shape index (κ1) is 12.7. The van der Waals surface area contributed by atoms with Crippen molar-refractivity contribution in [3.63, 3.8) is 0 Å². The normalized spacial score (nSPS) is 10.9. The van der Waals surface area contributed by atoms with Crippen LogP contribution in [0, 0.1) is 20.8 Å². The van der Waals surface area contributed by atoms with Gasteiger partial charge in [0.25, 0.3) is 0 Å². The minimum atomic E-state index is 0.475. The lowest BCUT2D eigenvalue weighted by Crippen LogP contribution is -2.04. The van der Waals surface area contributed by atoms with E-state index in [9.17, 15) is 0 Å². The molecule has 0 unspecified atom stereocenters. The third-order valence-electron chi connectivity index (χ3n) is 3.60. The summed E-state index contributed by atoms with van der Waals surface area (Å²) in [6, 6.07) is 12.4. The first-order chi connectivity index (χ1) is 9.63. The molecular weight excluding hydrogens is 248 g/mol. The molecule has 20 heavy (non-hydrogen) atoms. The molecule has 3 nitrogen and oxygen atoms in total. The van der Waals surface area contributed by atoms with Gasteiger partial charge >= 0.3 is 0 Å². The number of hydrogen-bond donors (Lipinski definition) is 0. The van der Waals surface area contributed by atoms with E-state index < -0.39 is 0 Å². The predicted molar refractivity (Wildman–Crippen MR) is 81.0 cm³/mol. The highest BCUT2D eigenvalue weighted by molar-refractivity contribution is 5.77. The number of fused-ring (bicyclic) bond motifs is 1. The molecule has 0 N–H and O–H groups in total. The molecular formula is C17H18N2O. The summed E-state index contributed by atoms with van der Waals surface area (Å²) in [6.45, 7) is 6.76. The van der Waals surface area contributed by atoms with Crippen molar-refractivity contribution < 1.29 is 4.74 Å². The van der Waals surface area contributed by atoms with Crippen LogP contribution in [0.25, 0.3) is 11.0 Å². The molecule has 3 heteroatoms. The maximum atomic E-state index is 5.83. The van der Waals surface area contributed by atoms with Crippen LogP contribution in [-0.2, 0) is 6.73 Å². The molecule has 0 aliphatic rings. The minimum Gasteiger partial charge on any atom is -0.473 e.